The molecule has 22 heavy (non-hydrogen) atoms. The lowest BCUT2D eigenvalue weighted by Crippen LogP contribution is -2.35. The molecule has 0 saturated carbocycles. The predicted octanol–water partition coefficient (Wildman–Crippen LogP) is 1.81. The molecule has 1 aromatic heterocycles. The summed E-state index contributed by atoms with van der Waals surface area (Å²) in [6.45, 7) is 3.20. The van der Waals surface area contributed by atoms with E-state index in [1.807, 2.05) is 30.0 Å². The van der Waals surface area contributed by atoms with Crippen LogP contribution in [0.2, 0.25) is 0 Å². The van der Waals surface area contributed by atoms with Gasteiger partial charge in [0.15, 0.2) is 0 Å². The number of carboxylic acids is 1. The first-order chi connectivity index (χ1) is 10.6. The Morgan fingerprint density at radius 1 is 1.41 bits per heavy atom. The minimum atomic E-state index is -0.898. The quantitative estimate of drug-likeness (QED) is 0.931. The van der Waals surface area contributed by atoms with E-state index in [-0.39, 0.29) is 0 Å². The molecular formula is C16H17N3O3. The molecule has 0 spiro atoms. The highest BCUT2D eigenvalue weighted by atomic mass is 16.5. The second-order valence-corrected chi connectivity index (χ2v) is 5.21. The van der Waals surface area contributed by atoms with Gasteiger partial charge in [-0.1, -0.05) is 18.2 Å². The molecule has 1 aromatic carbocycles. The fraction of sp³-hybridized carbons (Fsp3) is 0.312. The number of rotatable bonds is 3. The zero-order valence-corrected chi connectivity index (χ0v) is 12.3. The number of hydrogen-bond acceptors (Lipinski definition) is 5. The lowest BCUT2D eigenvalue weighted by atomic mass is 10.0. The smallest absolute Gasteiger partial charge is 0.325 e. The van der Waals surface area contributed by atoms with E-state index < -0.39 is 12.0 Å². The van der Waals surface area contributed by atoms with Crippen LogP contribution in [-0.4, -0.2) is 39.1 Å². The zero-order valence-electron chi connectivity index (χ0n) is 12.3. The van der Waals surface area contributed by atoms with Crippen molar-refractivity contribution in [3.05, 3.63) is 53.6 Å². The molecule has 0 bridgehead atoms. The molecule has 0 aliphatic carbocycles. The molecule has 1 aliphatic rings. The molecule has 114 valence electrons. The summed E-state index contributed by atoms with van der Waals surface area (Å²) < 4.78 is 5.67. The van der Waals surface area contributed by atoms with E-state index in [4.69, 9.17) is 4.74 Å². The molecule has 0 amide bonds. The lowest BCUT2D eigenvalue weighted by molar-refractivity contribution is -0.143. The summed E-state index contributed by atoms with van der Waals surface area (Å²) in [5.74, 6) is 0.346. The van der Waals surface area contributed by atoms with Gasteiger partial charge in [0.25, 0.3) is 0 Å². The number of carboxylic acid groups (broad SMARTS) is 1. The van der Waals surface area contributed by atoms with Gasteiger partial charge < -0.3 is 9.84 Å². The zero-order chi connectivity index (χ0) is 15.5. The Balaban J connectivity index is 1.94. The van der Waals surface area contributed by atoms with E-state index in [2.05, 4.69) is 9.97 Å². The highest BCUT2D eigenvalue weighted by Crippen LogP contribution is 2.32. The Labute approximate surface area is 128 Å². The van der Waals surface area contributed by atoms with Crippen LogP contribution >= 0.6 is 0 Å². The van der Waals surface area contributed by atoms with Crippen molar-refractivity contribution >= 4 is 5.97 Å². The molecule has 6 heteroatoms. The first-order valence-electron chi connectivity index (χ1n) is 7.12. The van der Waals surface area contributed by atoms with Gasteiger partial charge in [0.2, 0.25) is 0 Å². The standard InChI is InChI=1S/C16H17N3O3/c1-11-6-7-17-14(18-11)10-19-8-9-22-13-5-3-2-4-12(13)15(19)16(20)21/h2-7,15H,8-10H2,1H3,(H,20,21). The second-order valence-electron chi connectivity index (χ2n) is 5.21. The Hall–Kier alpha value is -2.47. The Kier molecular flexibility index (Phi) is 4.02. The number of fused-ring (bicyclic) bond motifs is 1. The first-order valence-corrected chi connectivity index (χ1v) is 7.12. The third-order valence-electron chi connectivity index (χ3n) is 3.64. The van der Waals surface area contributed by atoms with E-state index in [1.165, 1.54) is 0 Å². The first kappa shape index (κ1) is 14.5. The van der Waals surface area contributed by atoms with Gasteiger partial charge in [0.05, 0.1) is 6.54 Å². The number of hydrogen-bond donors (Lipinski definition) is 1. The van der Waals surface area contributed by atoms with Gasteiger partial charge in [-0.15, -0.1) is 0 Å². The number of aliphatic carboxylic acids is 1. The number of ether oxygens (including phenoxy) is 1. The van der Waals surface area contributed by atoms with Crippen LogP contribution < -0.4 is 4.74 Å². The summed E-state index contributed by atoms with van der Waals surface area (Å²) in [4.78, 5) is 22.2. The lowest BCUT2D eigenvalue weighted by Gasteiger charge is -2.25. The Morgan fingerprint density at radius 3 is 3.00 bits per heavy atom. The van der Waals surface area contributed by atoms with Gasteiger partial charge in [-0.05, 0) is 19.1 Å². The summed E-state index contributed by atoms with van der Waals surface area (Å²) in [6, 6.07) is 8.32. The molecule has 1 N–H and O–H groups in total. The van der Waals surface area contributed by atoms with Crippen molar-refractivity contribution in [2.45, 2.75) is 19.5 Å². The Bertz CT molecular complexity index is 690. The molecule has 1 unspecified atom stereocenters. The van der Waals surface area contributed by atoms with Crippen LogP contribution in [0.3, 0.4) is 0 Å². The fourth-order valence-corrected chi connectivity index (χ4v) is 2.65. The number of aryl methyl sites for hydroxylation is 1. The molecule has 3 rings (SSSR count). The van der Waals surface area contributed by atoms with Gasteiger partial charge in [0.1, 0.15) is 24.2 Å². The Morgan fingerprint density at radius 2 is 2.23 bits per heavy atom. The van der Waals surface area contributed by atoms with Crippen molar-refractivity contribution in [1.82, 2.24) is 14.9 Å². The SMILES string of the molecule is Cc1ccnc(CN2CCOc3ccccc3C2C(=O)O)n1. The third kappa shape index (κ3) is 2.92. The van der Waals surface area contributed by atoms with Crippen LogP contribution in [0.1, 0.15) is 23.1 Å². The van der Waals surface area contributed by atoms with E-state index in [9.17, 15) is 9.90 Å². The van der Waals surface area contributed by atoms with E-state index in [0.717, 1.165) is 5.69 Å². The van der Waals surface area contributed by atoms with Crippen molar-refractivity contribution < 1.29 is 14.6 Å². The molecule has 0 saturated heterocycles. The van der Waals surface area contributed by atoms with Crippen LogP contribution in [0.5, 0.6) is 5.75 Å². The molecule has 2 heterocycles. The molecular weight excluding hydrogens is 282 g/mol. The fourth-order valence-electron chi connectivity index (χ4n) is 2.65. The van der Waals surface area contributed by atoms with Crippen molar-refractivity contribution in [3.63, 3.8) is 0 Å². The predicted molar refractivity (Wildman–Crippen MR) is 79.5 cm³/mol. The molecule has 2 aromatic rings. The van der Waals surface area contributed by atoms with Crippen molar-refractivity contribution in [2.24, 2.45) is 0 Å². The maximum absolute atomic E-state index is 11.8. The maximum Gasteiger partial charge on any atom is 0.325 e. The van der Waals surface area contributed by atoms with Gasteiger partial charge in [-0.25, -0.2) is 9.97 Å². The monoisotopic (exact) mass is 299 g/mol. The van der Waals surface area contributed by atoms with E-state index in [1.54, 1.807) is 18.3 Å². The molecule has 6 nitrogen and oxygen atoms in total. The topological polar surface area (TPSA) is 75.6 Å². The van der Waals surface area contributed by atoms with Crippen molar-refractivity contribution in [3.8, 4) is 5.75 Å². The normalized spacial score (nSPS) is 18.1. The average molecular weight is 299 g/mol. The summed E-state index contributed by atoms with van der Waals surface area (Å²) in [6.07, 6.45) is 1.69. The second kappa shape index (κ2) is 6.11. The van der Waals surface area contributed by atoms with Gasteiger partial charge in [-0.2, -0.15) is 0 Å². The molecule has 1 atom stereocenters. The van der Waals surface area contributed by atoms with Crippen molar-refractivity contribution in [1.29, 1.82) is 0 Å². The minimum absolute atomic E-state index is 0.371. The largest absolute Gasteiger partial charge is 0.492 e. The molecule has 1 aliphatic heterocycles. The number of para-hydroxylation sites is 1. The van der Waals surface area contributed by atoms with Crippen LogP contribution in [0.25, 0.3) is 0 Å². The maximum atomic E-state index is 11.8. The van der Waals surface area contributed by atoms with Crippen LogP contribution in [-0.2, 0) is 11.3 Å². The number of benzene rings is 1. The number of carbonyl (C=O) groups is 1. The summed E-state index contributed by atoms with van der Waals surface area (Å²) in [5.41, 5.74) is 1.53. The summed E-state index contributed by atoms with van der Waals surface area (Å²) >= 11 is 0. The highest BCUT2D eigenvalue weighted by Gasteiger charge is 2.32. The molecule has 0 fully saturated rings. The van der Waals surface area contributed by atoms with Crippen LogP contribution in [0.4, 0.5) is 0 Å². The van der Waals surface area contributed by atoms with Gasteiger partial charge >= 0.3 is 5.97 Å². The third-order valence-corrected chi connectivity index (χ3v) is 3.64. The van der Waals surface area contributed by atoms with Gasteiger partial charge in [-0.3, -0.25) is 9.69 Å². The number of nitrogens with zero attached hydrogens (tertiary/aromatic N) is 3. The summed E-state index contributed by atoms with van der Waals surface area (Å²) in [5, 5.41) is 9.67. The molecule has 0 radical (unpaired) electrons. The summed E-state index contributed by atoms with van der Waals surface area (Å²) in [7, 11) is 0. The van der Waals surface area contributed by atoms with Gasteiger partial charge in [0, 0.05) is 24.0 Å². The van der Waals surface area contributed by atoms with E-state index >= 15 is 0 Å². The highest BCUT2D eigenvalue weighted by molar-refractivity contribution is 5.76. The number of aromatic nitrogens is 2. The minimum Gasteiger partial charge on any atom is -0.492 e. The van der Waals surface area contributed by atoms with Crippen molar-refractivity contribution in [2.75, 3.05) is 13.2 Å². The van der Waals surface area contributed by atoms with E-state index in [0.29, 0.717) is 36.8 Å². The van der Waals surface area contributed by atoms with Crippen LogP contribution in [0.15, 0.2) is 36.5 Å². The average Bonchev–Trinajstić information content (AvgIpc) is 2.66. The van der Waals surface area contributed by atoms with Crippen LogP contribution in [0, 0.1) is 6.92 Å².